The van der Waals surface area contributed by atoms with Gasteiger partial charge in [-0.25, -0.2) is 0 Å². The first kappa shape index (κ1) is 36.5. The largest absolute Gasteiger partial charge is 0.357 e. The predicted octanol–water partition coefficient (Wildman–Crippen LogP) is 11.0. The van der Waals surface area contributed by atoms with E-state index in [1.54, 1.807) is 11.4 Å². The molecule has 202 valence electrons. The van der Waals surface area contributed by atoms with E-state index in [0.717, 1.165) is 18.3 Å². The molecule has 3 atom stereocenters. The molecule has 0 aliphatic carbocycles. The second-order valence-electron chi connectivity index (χ2n) is 12.6. The number of hydrogen-bond donors (Lipinski definition) is 1. The van der Waals surface area contributed by atoms with Crippen LogP contribution in [0.3, 0.4) is 0 Å². The number of rotatable bonds is 17. The molecule has 1 nitrogen and oxygen atoms in total. The van der Waals surface area contributed by atoms with Gasteiger partial charge in [0, 0.05) is 11.9 Å². The average Bonchev–Trinajstić information content (AvgIpc) is 2.62. The summed E-state index contributed by atoms with van der Waals surface area (Å²) in [5.41, 5.74) is -1.53. The van der Waals surface area contributed by atoms with Gasteiger partial charge in [-0.1, -0.05) is 131 Å². The lowest BCUT2D eigenvalue weighted by atomic mass is 9.86. The number of thioether (sulfide) groups is 1. The normalized spacial score (nSPS) is 16.0. The van der Waals surface area contributed by atoms with Crippen LogP contribution in [0, 0.1) is 22.7 Å². The summed E-state index contributed by atoms with van der Waals surface area (Å²) < 4.78 is 0. The fourth-order valence-electron chi connectivity index (χ4n) is 4.27. The summed E-state index contributed by atoms with van der Waals surface area (Å²) in [5.74, 6) is 4.91. The van der Waals surface area contributed by atoms with Crippen LogP contribution in [0.15, 0.2) is 0 Å². The van der Waals surface area contributed by atoms with E-state index < -0.39 is 5.47 Å². The third-order valence-corrected chi connectivity index (χ3v) is 12.2. The highest BCUT2D eigenvalue weighted by atomic mass is 32.9. The molecule has 0 bridgehead atoms. The van der Waals surface area contributed by atoms with Gasteiger partial charge in [0.25, 0.3) is 0 Å². The summed E-state index contributed by atoms with van der Waals surface area (Å²) in [6, 6.07) is 0. The minimum atomic E-state index is -2.20. The van der Waals surface area contributed by atoms with E-state index in [1.807, 2.05) is 0 Å². The van der Waals surface area contributed by atoms with Crippen LogP contribution in [0.4, 0.5) is 0 Å². The van der Waals surface area contributed by atoms with Crippen LogP contribution in [0.25, 0.3) is 0 Å². The first-order chi connectivity index (χ1) is 15.1. The second-order valence-corrected chi connectivity index (χ2v) is 21.1. The molecule has 0 aromatic carbocycles. The third-order valence-electron chi connectivity index (χ3n) is 5.31. The molecule has 0 spiro atoms. The Labute approximate surface area is 224 Å². The molecular formula is C28H61OPS3. The van der Waals surface area contributed by atoms with Crippen LogP contribution in [0.5, 0.6) is 0 Å². The van der Waals surface area contributed by atoms with E-state index in [4.69, 9.17) is 11.8 Å². The van der Waals surface area contributed by atoms with E-state index in [-0.39, 0.29) is 0 Å². The minimum absolute atomic E-state index is 0.318. The van der Waals surface area contributed by atoms with Crippen LogP contribution in [0.1, 0.15) is 133 Å². The van der Waals surface area contributed by atoms with Gasteiger partial charge < -0.3 is 4.89 Å². The summed E-state index contributed by atoms with van der Waals surface area (Å²) >= 11 is 9.32. The van der Waals surface area contributed by atoms with Crippen molar-refractivity contribution in [1.29, 1.82) is 0 Å². The Kier molecular flexibility index (Phi) is 22.5. The zero-order valence-electron chi connectivity index (χ0n) is 24.2. The van der Waals surface area contributed by atoms with Crippen LogP contribution >= 0.6 is 28.6 Å². The van der Waals surface area contributed by atoms with Gasteiger partial charge in [0.15, 0.2) is 0 Å². The lowest BCUT2D eigenvalue weighted by molar-refractivity contribution is 0.320. The van der Waals surface area contributed by atoms with Gasteiger partial charge in [-0.3, -0.25) is 0 Å². The number of hydrogen-bond acceptors (Lipinski definition) is 3. The van der Waals surface area contributed by atoms with Crippen molar-refractivity contribution in [2.45, 2.75) is 133 Å². The summed E-state index contributed by atoms with van der Waals surface area (Å²) in [7, 11) is 0. The zero-order chi connectivity index (χ0) is 26.0. The maximum Gasteiger partial charge on any atom is 0.117 e. The Balaban J connectivity index is 0. The maximum atomic E-state index is 10.5. The summed E-state index contributed by atoms with van der Waals surface area (Å²) in [6.07, 6.45) is 14.5. The summed E-state index contributed by atoms with van der Waals surface area (Å²) in [6.45, 7) is 22.6. The van der Waals surface area contributed by atoms with Crippen molar-refractivity contribution in [2.24, 2.45) is 22.7 Å². The van der Waals surface area contributed by atoms with Crippen molar-refractivity contribution in [3.05, 3.63) is 0 Å². The van der Waals surface area contributed by atoms with E-state index >= 15 is 0 Å². The van der Waals surface area contributed by atoms with Crippen molar-refractivity contribution in [2.75, 3.05) is 23.4 Å². The zero-order valence-corrected chi connectivity index (χ0v) is 27.5. The van der Waals surface area contributed by atoms with Gasteiger partial charge in [0.1, 0.15) is 5.47 Å². The van der Waals surface area contributed by atoms with E-state index in [9.17, 15) is 4.89 Å². The maximum absolute atomic E-state index is 10.5. The van der Waals surface area contributed by atoms with Gasteiger partial charge in [0.05, 0.1) is 0 Å². The highest BCUT2D eigenvalue weighted by Crippen LogP contribution is 2.57. The average molecular weight is 541 g/mol. The molecule has 0 fully saturated rings. The minimum Gasteiger partial charge on any atom is -0.357 e. The molecule has 0 amide bonds. The van der Waals surface area contributed by atoms with E-state index in [1.165, 1.54) is 69.3 Å². The molecule has 0 rings (SSSR count). The van der Waals surface area contributed by atoms with Crippen LogP contribution in [-0.4, -0.2) is 28.3 Å². The Morgan fingerprint density at radius 2 is 1.15 bits per heavy atom. The van der Waals surface area contributed by atoms with Crippen molar-refractivity contribution in [3.8, 4) is 0 Å². The van der Waals surface area contributed by atoms with Gasteiger partial charge >= 0.3 is 0 Å². The van der Waals surface area contributed by atoms with Crippen LogP contribution < -0.4 is 0 Å². The molecule has 0 saturated heterocycles. The molecule has 0 aromatic heterocycles. The quantitative estimate of drug-likeness (QED) is 0.146. The van der Waals surface area contributed by atoms with Crippen molar-refractivity contribution >= 4 is 40.4 Å². The summed E-state index contributed by atoms with van der Waals surface area (Å²) in [5, 5.41) is 0. The SMILES string of the molecule is CC(CSP(O)(=S)CC(C)CC(C)(C)C)CC(C)(C)C.CCCCCCSCCCCCC. The van der Waals surface area contributed by atoms with Gasteiger partial charge in [-0.2, -0.15) is 11.8 Å². The van der Waals surface area contributed by atoms with E-state index in [0.29, 0.717) is 22.7 Å². The van der Waals surface area contributed by atoms with Gasteiger partial charge in [-0.05, 0) is 59.9 Å². The molecule has 0 radical (unpaired) electrons. The Morgan fingerprint density at radius 3 is 1.55 bits per heavy atom. The predicted molar refractivity (Wildman–Crippen MR) is 166 cm³/mol. The highest BCUT2D eigenvalue weighted by molar-refractivity contribution is 8.69. The van der Waals surface area contributed by atoms with Crippen LogP contribution in [-0.2, 0) is 11.8 Å². The molecule has 3 unspecified atom stereocenters. The highest BCUT2D eigenvalue weighted by Gasteiger charge is 2.24. The molecule has 5 heteroatoms. The fraction of sp³-hybridized carbons (Fsp3) is 1.00. The molecule has 0 heterocycles. The monoisotopic (exact) mass is 540 g/mol. The molecule has 0 aliphatic rings. The smallest absolute Gasteiger partial charge is 0.117 e. The Morgan fingerprint density at radius 1 is 0.727 bits per heavy atom. The van der Waals surface area contributed by atoms with Crippen molar-refractivity contribution < 1.29 is 4.89 Å². The number of unbranched alkanes of at least 4 members (excludes halogenated alkanes) is 6. The van der Waals surface area contributed by atoms with Crippen LogP contribution in [0.2, 0.25) is 0 Å². The van der Waals surface area contributed by atoms with Crippen molar-refractivity contribution in [1.82, 2.24) is 0 Å². The first-order valence-electron chi connectivity index (χ1n) is 13.7. The fourth-order valence-corrected chi connectivity index (χ4v) is 10.8. The van der Waals surface area contributed by atoms with Crippen molar-refractivity contribution in [3.63, 3.8) is 0 Å². The van der Waals surface area contributed by atoms with E-state index in [2.05, 4.69) is 81.0 Å². The molecule has 1 N–H and O–H groups in total. The standard InChI is InChI=1S/C16H35OPS2.C12H26S/c1-13(9-15(3,4)5)11-18(17,19)20-12-14(2)10-16(6,7)8;1-3-5-7-9-11-13-12-10-8-6-4-2/h13-14H,9-12H2,1-8H3,(H,17,19);3-12H2,1-2H3. The second kappa shape index (κ2) is 20.4. The molecule has 0 aromatic rings. The third kappa shape index (κ3) is 31.3. The topological polar surface area (TPSA) is 20.2 Å². The summed E-state index contributed by atoms with van der Waals surface area (Å²) in [4.78, 5) is 10.5. The Hall–Kier alpha value is 1.31. The lowest BCUT2D eigenvalue weighted by Crippen LogP contribution is -2.14. The lowest BCUT2D eigenvalue weighted by Gasteiger charge is -2.27. The molecule has 33 heavy (non-hydrogen) atoms. The molecular weight excluding hydrogens is 479 g/mol. The van der Waals surface area contributed by atoms with Gasteiger partial charge in [0.2, 0.25) is 0 Å². The van der Waals surface area contributed by atoms with Gasteiger partial charge in [-0.15, -0.1) is 0 Å². The Bertz CT molecular complexity index is 473. The molecule has 0 aliphatic heterocycles. The molecule has 0 saturated carbocycles. The first-order valence-corrected chi connectivity index (χ1v) is 19.3.